The van der Waals surface area contributed by atoms with Gasteiger partial charge >= 0.3 is 0 Å². The van der Waals surface area contributed by atoms with Gasteiger partial charge in [-0.25, -0.2) is 0 Å². The van der Waals surface area contributed by atoms with Crippen molar-refractivity contribution in [3.05, 3.63) is 0 Å². The predicted molar refractivity (Wildman–Crippen MR) is 70.8 cm³/mol. The molecule has 0 aliphatic heterocycles. The quantitative estimate of drug-likeness (QED) is 0.536. The molecule has 0 aliphatic carbocycles. The Morgan fingerprint density at radius 2 is 1.94 bits per heavy atom. The molecule has 3 N–H and O–H groups in total. The summed E-state index contributed by atoms with van der Waals surface area (Å²) in [7, 11) is 0. The van der Waals surface area contributed by atoms with Crippen LogP contribution in [-0.4, -0.2) is 36.2 Å². The van der Waals surface area contributed by atoms with Crippen molar-refractivity contribution < 1.29 is 9.90 Å². The van der Waals surface area contributed by atoms with E-state index in [1.807, 2.05) is 6.92 Å². The van der Waals surface area contributed by atoms with Gasteiger partial charge < -0.3 is 15.7 Å². The van der Waals surface area contributed by atoms with Crippen molar-refractivity contribution in [1.29, 1.82) is 0 Å². The molecule has 4 nitrogen and oxygen atoms in total. The average Bonchev–Trinajstić information content (AvgIpc) is 2.27. The number of hydrogen-bond acceptors (Lipinski definition) is 3. The van der Waals surface area contributed by atoms with Crippen molar-refractivity contribution in [2.45, 2.75) is 59.0 Å². The zero-order valence-electron chi connectivity index (χ0n) is 11.6. The number of amides is 1. The minimum Gasteiger partial charge on any atom is -0.395 e. The molecular formula is C13H28N2O2. The van der Waals surface area contributed by atoms with Gasteiger partial charge in [-0.15, -0.1) is 0 Å². The van der Waals surface area contributed by atoms with Crippen molar-refractivity contribution in [3.8, 4) is 0 Å². The van der Waals surface area contributed by atoms with Gasteiger partial charge in [-0.3, -0.25) is 4.79 Å². The second-order valence-electron chi connectivity index (χ2n) is 5.04. The lowest BCUT2D eigenvalue weighted by Gasteiger charge is -2.22. The Bertz CT molecular complexity index is 208. The fraction of sp³-hybridized carbons (Fsp3) is 0.923. The van der Waals surface area contributed by atoms with Crippen molar-refractivity contribution in [3.63, 3.8) is 0 Å². The van der Waals surface area contributed by atoms with E-state index >= 15 is 0 Å². The van der Waals surface area contributed by atoms with Crippen molar-refractivity contribution in [2.24, 2.45) is 5.92 Å². The van der Waals surface area contributed by atoms with Gasteiger partial charge in [0, 0.05) is 12.6 Å². The first-order chi connectivity index (χ1) is 8.01. The lowest BCUT2D eigenvalue weighted by molar-refractivity contribution is -0.123. The molecule has 0 aromatic carbocycles. The van der Waals surface area contributed by atoms with Crippen LogP contribution in [0.5, 0.6) is 0 Å². The average molecular weight is 244 g/mol. The van der Waals surface area contributed by atoms with Crippen LogP contribution in [0.25, 0.3) is 0 Å². The maximum atomic E-state index is 11.7. The van der Waals surface area contributed by atoms with E-state index in [2.05, 4.69) is 31.4 Å². The Hall–Kier alpha value is -0.610. The molecule has 0 aliphatic rings. The lowest BCUT2D eigenvalue weighted by atomic mass is 10.0. The monoisotopic (exact) mass is 244 g/mol. The fourth-order valence-corrected chi connectivity index (χ4v) is 1.74. The normalized spacial score (nSPS) is 14.7. The first-order valence-corrected chi connectivity index (χ1v) is 6.65. The minimum absolute atomic E-state index is 0.00178. The predicted octanol–water partition coefficient (Wildman–Crippen LogP) is 1.29. The fourth-order valence-electron chi connectivity index (χ4n) is 1.74. The molecule has 17 heavy (non-hydrogen) atoms. The Balaban J connectivity index is 3.94. The highest BCUT2D eigenvalue weighted by Crippen LogP contribution is 2.04. The Morgan fingerprint density at radius 1 is 1.29 bits per heavy atom. The van der Waals surface area contributed by atoms with Crippen LogP contribution < -0.4 is 10.6 Å². The number of aliphatic hydroxyl groups excluding tert-OH is 1. The third kappa shape index (κ3) is 8.16. The van der Waals surface area contributed by atoms with Crippen LogP contribution in [0.1, 0.15) is 47.0 Å². The molecule has 2 atom stereocenters. The number of carbonyl (C=O) groups excluding carboxylic acids is 1. The molecule has 1 amide bonds. The van der Waals surface area contributed by atoms with Gasteiger partial charge in [0.25, 0.3) is 0 Å². The number of rotatable bonds is 9. The summed E-state index contributed by atoms with van der Waals surface area (Å²) < 4.78 is 0. The number of unbranched alkanes of at least 4 members (excludes halogenated alkanes) is 1. The molecule has 0 saturated carbocycles. The van der Waals surface area contributed by atoms with E-state index in [0.29, 0.717) is 5.92 Å². The van der Waals surface area contributed by atoms with Gasteiger partial charge in [0.15, 0.2) is 0 Å². The zero-order valence-corrected chi connectivity index (χ0v) is 11.6. The van der Waals surface area contributed by atoms with Crippen LogP contribution >= 0.6 is 0 Å². The van der Waals surface area contributed by atoms with Gasteiger partial charge in [-0.1, -0.05) is 27.2 Å². The molecule has 0 radical (unpaired) electrons. The van der Waals surface area contributed by atoms with E-state index in [0.717, 1.165) is 25.8 Å². The van der Waals surface area contributed by atoms with Gasteiger partial charge in [-0.05, 0) is 25.7 Å². The van der Waals surface area contributed by atoms with Gasteiger partial charge in [0.2, 0.25) is 5.91 Å². The highest BCUT2D eigenvalue weighted by atomic mass is 16.3. The molecule has 0 heterocycles. The molecule has 0 fully saturated rings. The van der Waals surface area contributed by atoms with E-state index in [9.17, 15) is 9.90 Å². The maximum Gasteiger partial charge on any atom is 0.236 e. The first kappa shape index (κ1) is 16.4. The Labute approximate surface area is 105 Å². The zero-order chi connectivity index (χ0) is 13.3. The van der Waals surface area contributed by atoms with E-state index in [1.54, 1.807) is 0 Å². The van der Waals surface area contributed by atoms with E-state index in [1.165, 1.54) is 0 Å². The minimum atomic E-state index is -0.247. The van der Waals surface area contributed by atoms with E-state index in [-0.39, 0.29) is 24.6 Å². The largest absolute Gasteiger partial charge is 0.395 e. The molecule has 0 spiro atoms. The number of nitrogens with one attached hydrogen (secondary N) is 2. The SMILES string of the molecule is CCCCNC(=O)C(C)NC(CO)CC(C)C. The molecule has 0 aromatic heterocycles. The highest BCUT2D eigenvalue weighted by Gasteiger charge is 2.17. The van der Waals surface area contributed by atoms with Gasteiger partial charge in [0.1, 0.15) is 0 Å². The molecular weight excluding hydrogens is 216 g/mol. The first-order valence-electron chi connectivity index (χ1n) is 6.65. The summed E-state index contributed by atoms with van der Waals surface area (Å²) in [5.74, 6) is 0.524. The van der Waals surface area contributed by atoms with Crippen LogP contribution in [0, 0.1) is 5.92 Å². The highest BCUT2D eigenvalue weighted by molar-refractivity contribution is 5.81. The summed E-state index contributed by atoms with van der Waals surface area (Å²) in [6.07, 6.45) is 2.96. The Morgan fingerprint density at radius 3 is 2.41 bits per heavy atom. The number of aliphatic hydroxyl groups is 1. The molecule has 0 bridgehead atoms. The van der Waals surface area contributed by atoms with Crippen LogP contribution in [0.4, 0.5) is 0 Å². The third-order valence-corrected chi connectivity index (χ3v) is 2.68. The number of hydrogen-bond donors (Lipinski definition) is 3. The van der Waals surface area contributed by atoms with Crippen molar-refractivity contribution in [2.75, 3.05) is 13.2 Å². The molecule has 2 unspecified atom stereocenters. The molecule has 0 aromatic rings. The van der Waals surface area contributed by atoms with Gasteiger partial charge in [0.05, 0.1) is 12.6 Å². The lowest BCUT2D eigenvalue weighted by Crippen LogP contribution is -2.48. The summed E-state index contributed by atoms with van der Waals surface area (Å²) >= 11 is 0. The molecule has 0 rings (SSSR count). The van der Waals surface area contributed by atoms with E-state index in [4.69, 9.17) is 0 Å². The molecule has 102 valence electrons. The Kier molecular flexibility index (Phi) is 9.09. The third-order valence-electron chi connectivity index (χ3n) is 2.68. The summed E-state index contributed by atoms with van der Waals surface area (Å²) in [5.41, 5.74) is 0. The van der Waals surface area contributed by atoms with Crippen molar-refractivity contribution >= 4 is 5.91 Å². The van der Waals surface area contributed by atoms with E-state index < -0.39 is 0 Å². The molecule has 0 saturated heterocycles. The standard InChI is InChI=1S/C13H28N2O2/c1-5-6-7-14-13(17)11(4)15-12(9-16)8-10(2)3/h10-12,15-16H,5-9H2,1-4H3,(H,14,17). The summed E-state index contributed by atoms with van der Waals surface area (Å²) in [5, 5.41) is 15.3. The van der Waals surface area contributed by atoms with Crippen LogP contribution in [0.15, 0.2) is 0 Å². The number of carbonyl (C=O) groups is 1. The van der Waals surface area contributed by atoms with Gasteiger partial charge in [-0.2, -0.15) is 0 Å². The summed E-state index contributed by atoms with van der Waals surface area (Å²) in [4.78, 5) is 11.7. The van der Waals surface area contributed by atoms with Crippen molar-refractivity contribution in [1.82, 2.24) is 10.6 Å². The second kappa shape index (κ2) is 9.42. The topological polar surface area (TPSA) is 61.4 Å². The maximum absolute atomic E-state index is 11.7. The van der Waals surface area contributed by atoms with Crippen LogP contribution in [0.3, 0.4) is 0 Å². The van der Waals surface area contributed by atoms with Crippen LogP contribution in [0.2, 0.25) is 0 Å². The molecule has 4 heteroatoms. The smallest absolute Gasteiger partial charge is 0.236 e. The van der Waals surface area contributed by atoms with Crippen LogP contribution in [-0.2, 0) is 4.79 Å². The summed E-state index contributed by atoms with van der Waals surface area (Å²) in [6.45, 7) is 8.95. The summed E-state index contributed by atoms with van der Waals surface area (Å²) in [6, 6.07) is -0.246. The second-order valence-corrected chi connectivity index (χ2v) is 5.04.